The minimum absolute atomic E-state index is 0.203. The smallest absolute Gasteiger partial charge is 0.321 e. The van der Waals surface area contributed by atoms with Crippen molar-refractivity contribution in [1.29, 1.82) is 0 Å². The van der Waals surface area contributed by atoms with Crippen molar-refractivity contribution >= 4 is 40.5 Å². The van der Waals surface area contributed by atoms with Gasteiger partial charge in [-0.25, -0.2) is 19.4 Å². The molecule has 5 heterocycles. The molecule has 58 heavy (non-hydrogen) atoms. The Morgan fingerprint density at radius 1 is 0.810 bits per heavy atom. The van der Waals surface area contributed by atoms with Gasteiger partial charge in [-0.2, -0.15) is 5.10 Å². The van der Waals surface area contributed by atoms with E-state index in [2.05, 4.69) is 46.8 Å². The predicted octanol–water partition coefficient (Wildman–Crippen LogP) is 6.87. The molecule has 5 aromatic rings. The number of urea groups is 1. The highest BCUT2D eigenvalue weighted by Gasteiger charge is 2.30. The summed E-state index contributed by atoms with van der Waals surface area (Å²) in [6, 6.07) is 26.0. The van der Waals surface area contributed by atoms with Gasteiger partial charge in [0.2, 0.25) is 0 Å². The highest BCUT2D eigenvalue weighted by atomic mass is 16.5. The molecule has 0 unspecified atom stereocenters. The average Bonchev–Trinajstić information content (AvgIpc) is 3.67. The summed E-state index contributed by atoms with van der Waals surface area (Å²) in [6.07, 6.45) is 9.69. The van der Waals surface area contributed by atoms with Gasteiger partial charge in [0.05, 0.1) is 11.4 Å². The lowest BCUT2D eigenvalue weighted by Gasteiger charge is -2.40. The number of benzene rings is 3. The number of carbonyl (C=O) groups excluding carboxylic acids is 2. The van der Waals surface area contributed by atoms with Gasteiger partial charge in [0.15, 0.2) is 5.65 Å². The summed E-state index contributed by atoms with van der Waals surface area (Å²) in [5, 5.41) is 8.63. The van der Waals surface area contributed by atoms with E-state index in [4.69, 9.17) is 15.6 Å². The summed E-state index contributed by atoms with van der Waals surface area (Å²) in [6.45, 7) is 9.34. The van der Waals surface area contributed by atoms with Crippen LogP contribution in [0.5, 0.6) is 11.5 Å². The molecule has 3 aliphatic heterocycles. The van der Waals surface area contributed by atoms with Crippen LogP contribution >= 0.6 is 0 Å². The number of ether oxygens (including phenoxy) is 1. The molecule has 8 rings (SSSR count). The number of aromatic nitrogens is 4. The first-order chi connectivity index (χ1) is 28.4. The molecule has 13 nitrogen and oxygen atoms in total. The number of carbonyl (C=O) groups is 2. The van der Waals surface area contributed by atoms with Crippen LogP contribution in [0.3, 0.4) is 0 Å². The summed E-state index contributed by atoms with van der Waals surface area (Å²) in [4.78, 5) is 41.7. The normalized spacial score (nSPS) is 17.7. The predicted molar refractivity (Wildman–Crippen MR) is 229 cm³/mol. The first-order valence-electron chi connectivity index (χ1n) is 21.0. The van der Waals surface area contributed by atoms with Crippen LogP contribution in [-0.2, 0) is 4.79 Å². The Morgan fingerprint density at radius 2 is 1.43 bits per heavy atom. The summed E-state index contributed by atoms with van der Waals surface area (Å²) in [5.74, 6) is 3.49. The van der Waals surface area contributed by atoms with E-state index in [-0.39, 0.29) is 12.1 Å². The molecular formula is C45H56N10O3. The fraction of sp³-hybridized carbons (Fsp3) is 0.444. The van der Waals surface area contributed by atoms with Gasteiger partial charge in [0.25, 0.3) is 0 Å². The third-order valence-corrected chi connectivity index (χ3v) is 12.3. The van der Waals surface area contributed by atoms with Crippen LogP contribution in [-0.4, -0.2) is 108 Å². The fourth-order valence-corrected chi connectivity index (χ4v) is 9.07. The molecule has 0 bridgehead atoms. The molecule has 0 spiro atoms. The number of anilines is 3. The molecule has 0 saturated carbocycles. The number of fused-ring (bicyclic) bond motifs is 1. The Morgan fingerprint density at radius 3 is 2.07 bits per heavy atom. The molecule has 2 aromatic heterocycles. The standard InChI is InChI=1S/C45H56N10O3/c1-47-45(57)54(22-5-29-56)37-12-10-36(11-13-37)53-27-18-34(19-28-53)31-51-23-16-33(17-24-51)30-52-25-20-38(21-26-52)55-44-41(43(46)48-32-49-44)42(50-55)35-8-14-40(15-9-35)58-39-6-3-2-4-7-39/h2-4,6-15,29,32-34,38H,5,16-28,30-31H2,1H3,(H,47,57)(H2,46,48,49). The number of piperidine rings is 3. The van der Waals surface area contributed by atoms with Crippen LogP contribution in [0.25, 0.3) is 22.3 Å². The number of nitrogens with zero attached hydrogens (tertiary/aromatic N) is 8. The lowest BCUT2D eigenvalue weighted by Crippen LogP contribution is -2.44. The number of nitrogens with one attached hydrogen (secondary N) is 1. The maximum atomic E-state index is 12.4. The Kier molecular flexibility index (Phi) is 12.5. The minimum Gasteiger partial charge on any atom is -0.457 e. The first kappa shape index (κ1) is 39.3. The molecule has 304 valence electrons. The molecule has 0 atom stereocenters. The number of hydrogen-bond donors (Lipinski definition) is 2. The highest BCUT2D eigenvalue weighted by Crippen LogP contribution is 2.36. The van der Waals surface area contributed by atoms with Gasteiger partial charge in [-0.05, 0) is 124 Å². The van der Waals surface area contributed by atoms with Crippen molar-refractivity contribution in [1.82, 2.24) is 34.9 Å². The summed E-state index contributed by atoms with van der Waals surface area (Å²) < 4.78 is 8.13. The van der Waals surface area contributed by atoms with Crippen LogP contribution in [0.15, 0.2) is 85.2 Å². The lowest BCUT2D eigenvalue weighted by atomic mass is 9.92. The summed E-state index contributed by atoms with van der Waals surface area (Å²) in [7, 11) is 1.61. The van der Waals surface area contributed by atoms with E-state index < -0.39 is 0 Å². The van der Waals surface area contributed by atoms with Gasteiger partial charge in [0, 0.05) is 76.2 Å². The summed E-state index contributed by atoms with van der Waals surface area (Å²) >= 11 is 0. The zero-order chi connectivity index (χ0) is 39.8. The Hall–Kier alpha value is -5.53. The molecule has 3 N–H and O–H groups in total. The van der Waals surface area contributed by atoms with Crippen LogP contribution in [0.2, 0.25) is 0 Å². The van der Waals surface area contributed by atoms with Crippen molar-refractivity contribution in [3.63, 3.8) is 0 Å². The van der Waals surface area contributed by atoms with Crippen molar-refractivity contribution in [3.8, 4) is 22.8 Å². The van der Waals surface area contributed by atoms with Crippen LogP contribution < -0.4 is 25.6 Å². The third-order valence-electron chi connectivity index (χ3n) is 12.3. The van der Waals surface area contributed by atoms with E-state index in [1.165, 1.54) is 57.5 Å². The van der Waals surface area contributed by atoms with Gasteiger partial charge in [-0.15, -0.1) is 0 Å². The van der Waals surface area contributed by atoms with Crippen LogP contribution in [0, 0.1) is 11.8 Å². The van der Waals surface area contributed by atoms with Crippen molar-refractivity contribution < 1.29 is 14.3 Å². The topological polar surface area (TPSA) is 138 Å². The lowest BCUT2D eigenvalue weighted by molar-refractivity contribution is -0.107. The van der Waals surface area contributed by atoms with Crippen molar-refractivity contribution in [2.45, 2.75) is 51.0 Å². The number of nitrogens with two attached hydrogens (primary N) is 1. The number of rotatable bonds is 13. The monoisotopic (exact) mass is 784 g/mol. The number of hydrogen-bond acceptors (Lipinski definition) is 10. The first-order valence-corrected chi connectivity index (χ1v) is 21.0. The van der Waals surface area contributed by atoms with E-state index in [0.717, 1.165) is 96.6 Å². The molecule has 3 aliphatic rings. The molecule has 0 aliphatic carbocycles. The SMILES string of the molecule is CNC(=O)N(CCC=O)c1ccc(N2CCC(CN3CCC(CN4CCC(n5nc(-c6ccc(Oc7ccccc7)cc6)c6c(N)ncnc65)CC4)CC3)CC2)cc1. The zero-order valence-electron chi connectivity index (χ0n) is 33.6. The second kappa shape index (κ2) is 18.4. The van der Waals surface area contributed by atoms with Gasteiger partial charge >= 0.3 is 6.03 Å². The largest absolute Gasteiger partial charge is 0.457 e. The molecular weight excluding hydrogens is 729 g/mol. The number of para-hydroxylation sites is 1. The zero-order valence-corrected chi connectivity index (χ0v) is 33.6. The molecule has 3 saturated heterocycles. The quantitative estimate of drug-likeness (QED) is 0.122. The van der Waals surface area contributed by atoms with Crippen molar-refractivity contribution in [3.05, 3.63) is 85.2 Å². The average molecular weight is 785 g/mol. The van der Waals surface area contributed by atoms with Crippen molar-refractivity contribution in [2.75, 3.05) is 81.5 Å². The highest BCUT2D eigenvalue weighted by molar-refractivity contribution is 5.98. The maximum absolute atomic E-state index is 12.4. The fourth-order valence-electron chi connectivity index (χ4n) is 9.07. The maximum Gasteiger partial charge on any atom is 0.321 e. The second-order valence-corrected chi connectivity index (χ2v) is 16.1. The van der Waals surface area contributed by atoms with E-state index >= 15 is 0 Å². The van der Waals surface area contributed by atoms with Gasteiger partial charge < -0.3 is 35.3 Å². The molecule has 3 aromatic carbocycles. The van der Waals surface area contributed by atoms with Crippen LogP contribution in [0.1, 0.15) is 51.0 Å². The van der Waals surface area contributed by atoms with E-state index in [1.54, 1.807) is 18.3 Å². The van der Waals surface area contributed by atoms with Crippen molar-refractivity contribution in [2.24, 2.45) is 11.8 Å². The number of amides is 2. The minimum atomic E-state index is -0.203. The molecule has 2 amide bonds. The number of aldehydes is 1. The Balaban J connectivity index is 0.786. The number of nitrogen functional groups attached to an aromatic ring is 1. The van der Waals surface area contributed by atoms with Gasteiger partial charge in [-0.1, -0.05) is 18.2 Å². The Labute approximate surface area is 341 Å². The molecule has 3 fully saturated rings. The summed E-state index contributed by atoms with van der Waals surface area (Å²) in [5.41, 5.74) is 11.0. The van der Waals surface area contributed by atoms with Gasteiger partial charge in [0.1, 0.15) is 35.6 Å². The van der Waals surface area contributed by atoms with Crippen LogP contribution in [0.4, 0.5) is 22.0 Å². The third kappa shape index (κ3) is 9.11. The van der Waals surface area contributed by atoms with E-state index in [1.807, 2.05) is 66.7 Å². The molecule has 0 radical (unpaired) electrons. The molecule has 13 heteroatoms. The van der Waals surface area contributed by atoms with E-state index in [9.17, 15) is 9.59 Å². The second-order valence-electron chi connectivity index (χ2n) is 16.1. The van der Waals surface area contributed by atoms with E-state index in [0.29, 0.717) is 18.8 Å². The number of likely N-dealkylation sites (tertiary alicyclic amines) is 2. The van der Waals surface area contributed by atoms with Gasteiger partial charge in [-0.3, -0.25) is 4.90 Å². The Bertz CT molecular complexity index is 2100.